The summed E-state index contributed by atoms with van der Waals surface area (Å²) in [5.41, 5.74) is 0. The smallest absolute Gasteiger partial charge is 0.306 e. The van der Waals surface area contributed by atoms with Crippen molar-refractivity contribution in [2.75, 3.05) is 13.2 Å². The Morgan fingerprint density at radius 3 is 2.30 bits per heavy atom. The minimum Gasteiger partial charge on any atom is -0.490 e. The first-order chi connectivity index (χ1) is 9.54. The van der Waals surface area contributed by atoms with E-state index in [-0.39, 0.29) is 5.92 Å². The van der Waals surface area contributed by atoms with E-state index in [0.717, 1.165) is 0 Å². The summed E-state index contributed by atoms with van der Waals surface area (Å²) in [5, 5.41) is 9.18. The fourth-order valence-electron chi connectivity index (χ4n) is 2.07. The van der Waals surface area contributed by atoms with Gasteiger partial charge in [0.1, 0.15) is 0 Å². The molecule has 0 radical (unpaired) electrons. The number of aliphatic carboxylic acids is 1. The Morgan fingerprint density at radius 2 is 1.80 bits per heavy atom. The largest absolute Gasteiger partial charge is 0.490 e. The molecule has 4 heteroatoms. The van der Waals surface area contributed by atoms with E-state index >= 15 is 0 Å². The lowest BCUT2D eigenvalue weighted by atomic mass is 9.95. The Hall–Kier alpha value is -1.71. The van der Waals surface area contributed by atoms with Crippen molar-refractivity contribution in [1.29, 1.82) is 0 Å². The van der Waals surface area contributed by atoms with Gasteiger partial charge in [0, 0.05) is 0 Å². The molecule has 0 aromatic heterocycles. The Morgan fingerprint density at radius 1 is 1.20 bits per heavy atom. The summed E-state index contributed by atoms with van der Waals surface area (Å²) in [4.78, 5) is 11.2. The maximum atomic E-state index is 11.2. The highest BCUT2D eigenvalue weighted by molar-refractivity contribution is 5.69. The number of carboxylic acids is 1. The average Bonchev–Trinajstić information content (AvgIpc) is 2.39. The summed E-state index contributed by atoms with van der Waals surface area (Å²) < 4.78 is 11.1. The summed E-state index contributed by atoms with van der Waals surface area (Å²) >= 11 is 0. The fraction of sp³-hybridized carbons (Fsp3) is 0.562. The first-order valence-corrected chi connectivity index (χ1v) is 7.12. The van der Waals surface area contributed by atoms with Crippen LogP contribution >= 0.6 is 0 Å². The zero-order valence-electron chi connectivity index (χ0n) is 12.5. The molecule has 0 heterocycles. The number of benzene rings is 1. The molecular formula is C16H24O4. The highest BCUT2D eigenvalue weighted by Gasteiger charge is 2.19. The summed E-state index contributed by atoms with van der Waals surface area (Å²) in [6, 6.07) is 7.45. The molecule has 0 spiro atoms. The number of carboxylic acid groups (broad SMARTS) is 1. The molecule has 0 amide bonds. The third kappa shape index (κ3) is 5.51. The normalized spacial score (nSPS) is 12.2. The molecule has 0 saturated carbocycles. The molecule has 0 bridgehead atoms. The molecule has 0 aliphatic rings. The highest BCUT2D eigenvalue weighted by atomic mass is 16.5. The standard InChI is InChI=1S/C16H24O4/c1-4-19-14-7-5-6-8-15(14)20-10-9-13(16(17)18)11-12(2)3/h5-8,12-13H,4,9-11H2,1-3H3,(H,17,18). The maximum absolute atomic E-state index is 11.2. The van der Waals surface area contributed by atoms with Crippen molar-refractivity contribution >= 4 is 5.97 Å². The van der Waals surface area contributed by atoms with Gasteiger partial charge in [0.2, 0.25) is 0 Å². The van der Waals surface area contributed by atoms with Crippen molar-refractivity contribution < 1.29 is 19.4 Å². The molecule has 1 N–H and O–H groups in total. The van der Waals surface area contributed by atoms with Crippen molar-refractivity contribution in [3.8, 4) is 11.5 Å². The highest BCUT2D eigenvalue weighted by Crippen LogP contribution is 2.27. The van der Waals surface area contributed by atoms with E-state index in [1.807, 2.05) is 45.0 Å². The van der Waals surface area contributed by atoms with Crippen LogP contribution in [0.3, 0.4) is 0 Å². The van der Waals surface area contributed by atoms with Gasteiger partial charge in [-0.15, -0.1) is 0 Å². The van der Waals surface area contributed by atoms with Gasteiger partial charge in [-0.05, 0) is 37.8 Å². The van der Waals surface area contributed by atoms with Gasteiger partial charge in [0.05, 0.1) is 19.1 Å². The van der Waals surface area contributed by atoms with Crippen molar-refractivity contribution in [1.82, 2.24) is 0 Å². The Bertz CT molecular complexity index is 415. The van der Waals surface area contributed by atoms with Crippen LogP contribution in [-0.2, 0) is 4.79 Å². The number of para-hydroxylation sites is 2. The second-order valence-electron chi connectivity index (χ2n) is 5.18. The molecule has 1 aromatic rings. The lowest BCUT2D eigenvalue weighted by Gasteiger charge is -2.16. The molecule has 0 fully saturated rings. The van der Waals surface area contributed by atoms with Crippen LogP contribution in [0.2, 0.25) is 0 Å². The molecule has 1 atom stereocenters. The predicted molar refractivity (Wildman–Crippen MR) is 78.3 cm³/mol. The average molecular weight is 280 g/mol. The second-order valence-corrected chi connectivity index (χ2v) is 5.18. The lowest BCUT2D eigenvalue weighted by molar-refractivity contribution is -0.142. The second kappa shape index (κ2) is 8.46. The summed E-state index contributed by atoms with van der Waals surface area (Å²) in [6.07, 6.45) is 1.18. The quantitative estimate of drug-likeness (QED) is 0.751. The minimum atomic E-state index is -0.750. The Balaban J connectivity index is 2.52. The van der Waals surface area contributed by atoms with Crippen LogP contribution in [0.5, 0.6) is 11.5 Å². The van der Waals surface area contributed by atoms with Gasteiger partial charge in [-0.2, -0.15) is 0 Å². The molecule has 112 valence electrons. The predicted octanol–water partition coefficient (Wildman–Crippen LogP) is 3.60. The molecule has 0 aliphatic heterocycles. The van der Waals surface area contributed by atoms with Crippen molar-refractivity contribution in [3.05, 3.63) is 24.3 Å². The van der Waals surface area contributed by atoms with Gasteiger partial charge in [0.25, 0.3) is 0 Å². The minimum absolute atomic E-state index is 0.353. The van der Waals surface area contributed by atoms with E-state index in [1.54, 1.807) is 0 Å². The van der Waals surface area contributed by atoms with Crippen LogP contribution in [-0.4, -0.2) is 24.3 Å². The summed E-state index contributed by atoms with van der Waals surface area (Å²) in [7, 11) is 0. The molecule has 20 heavy (non-hydrogen) atoms. The van der Waals surface area contributed by atoms with Gasteiger partial charge in [-0.3, -0.25) is 4.79 Å². The van der Waals surface area contributed by atoms with E-state index in [9.17, 15) is 9.90 Å². The number of carbonyl (C=O) groups is 1. The monoisotopic (exact) mass is 280 g/mol. The van der Waals surface area contributed by atoms with Gasteiger partial charge in [-0.25, -0.2) is 0 Å². The first kappa shape index (κ1) is 16.3. The van der Waals surface area contributed by atoms with Crippen molar-refractivity contribution in [2.24, 2.45) is 11.8 Å². The van der Waals surface area contributed by atoms with Crippen LogP contribution in [0, 0.1) is 11.8 Å². The molecule has 1 aromatic carbocycles. The Kier molecular flexibility index (Phi) is 6.91. The van der Waals surface area contributed by atoms with Gasteiger partial charge >= 0.3 is 5.97 Å². The molecule has 4 nitrogen and oxygen atoms in total. The number of hydrogen-bond donors (Lipinski definition) is 1. The van der Waals surface area contributed by atoms with Crippen LogP contribution < -0.4 is 9.47 Å². The topological polar surface area (TPSA) is 55.8 Å². The fourth-order valence-corrected chi connectivity index (χ4v) is 2.07. The molecule has 0 aliphatic carbocycles. The maximum Gasteiger partial charge on any atom is 0.306 e. The third-order valence-corrected chi connectivity index (χ3v) is 2.98. The lowest BCUT2D eigenvalue weighted by Crippen LogP contribution is -2.19. The van der Waals surface area contributed by atoms with E-state index in [1.165, 1.54) is 0 Å². The van der Waals surface area contributed by atoms with Crippen LogP contribution in [0.15, 0.2) is 24.3 Å². The van der Waals surface area contributed by atoms with Crippen LogP contribution in [0.1, 0.15) is 33.6 Å². The van der Waals surface area contributed by atoms with Crippen molar-refractivity contribution in [3.63, 3.8) is 0 Å². The molecular weight excluding hydrogens is 256 g/mol. The Labute approximate surface area is 120 Å². The van der Waals surface area contributed by atoms with E-state index in [2.05, 4.69) is 0 Å². The van der Waals surface area contributed by atoms with Crippen LogP contribution in [0.4, 0.5) is 0 Å². The summed E-state index contributed by atoms with van der Waals surface area (Å²) in [6.45, 7) is 6.93. The van der Waals surface area contributed by atoms with Gasteiger partial charge in [-0.1, -0.05) is 26.0 Å². The zero-order chi connectivity index (χ0) is 15.0. The van der Waals surface area contributed by atoms with Crippen molar-refractivity contribution in [2.45, 2.75) is 33.6 Å². The number of ether oxygens (including phenoxy) is 2. The number of hydrogen-bond acceptors (Lipinski definition) is 3. The van der Waals surface area contributed by atoms with E-state index in [4.69, 9.17) is 9.47 Å². The summed E-state index contributed by atoms with van der Waals surface area (Å²) in [5.74, 6) is 0.634. The molecule has 1 rings (SSSR count). The first-order valence-electron chi connectivity index (χ1n) is 7.12. The zero-order valence-corrected chi connectivity index (χ0v) is 12.5. The van der Waals surface area contributed by atoms with E-state index < -0.39 is 5.97 Å². The SMILES string of the molecule is CCOc1ccccc1OCCC(CC(C)C)C(=O)O. The van der Waals surface area contributed by atoms with E-state index in [0.29, 0.717) is 43.5 Å². The number of rotatable bonds is 9. The molecule has 0 saturated heterocycles. The third-order valence-electron chi connectivity index (χ3n) is 2.98. The van der Waals surface area contributed by atoms with Gasteiger partial charge < -0.3 is 14.6 Å². The molecule has 1 unspecified atom stereocenters. The van der Waals surface area contributed by atoms with Crippen LogP contribution in [0.25, 0.3) is 0 Å². The van der Waals surface area contributed by atoms with Gasteiger partial charge in [0.15, 0.2) is 11.5 Å².